The molecule has 6 heteroatoms. The Labute approximate surface area is 113 Å². The maximum atomic E-state index is 10.6. The molecule has 0 spiro atoms. The summed E-state index contributed by atoms with van der Waals surface area (Å²) in [6, 6.07) is 7.70. The first kappa shape index (κ1) is 12.8. The first-order valence-corrected chi connectivity index (χ1v) is 5.71. The lowest BCUT2D eigenvalue weighted by molar-refractivity contribution is 0.0658. The van der Waals surface area contributed by atoms with E-state index in [-0.39, 0.29) is 12.4 Å². The summed E-state index contributed by atoms with van der Waals surface area (Å²) in [6.07, 6.45) is 0. The number of halogens is 2. The summed E-state index contributed by atoms with van der Waals surface area (Å²) >= 11 is 11.6. The molecule has 0 radical (unpaired) electrons. The van der Waals surface area contributed by atoms with Gasteiger partial charge in [0, 0.05) is 10.0 Å². The number of benzene rings is 1. The van der Waals surface area contributed by atoms with Crippen LogP contribution in [0.5, 0.6) is 5.75 Å². The average molecular weight is 287 g/mol. The third-order valence-electron chi connectivity index (χ3n) is 2.09. The summed E-state index contributed by atoms with van der Waals surface area (Å²) in [5.41, 5.74) is 0. The monoisotopic (exact) mass is 286 g/mol. The number of carbonyl (C=O) groups is 1. The Balaban J connectivity index is 2.04. The highest BCUT2D eigenvalue weighted by molar-refractivity contribution is 6.34. The van der Waals surface area contributed by atoms with Crippen LogP contribution in [0.1, 0.15) is 16.3 Å². The number of rotatable bonds is 4. The van der Waals surface area contributed by atoms with Gasteiger partial charge in [-0.2, -0.15) is 0 Å². The molecular formula is C12H8Cl2O4. The van der Waals surface area contributed by atoms with Crippen molar-refractivity contribution in [2.45, 2.75) is 6.61 Å². The van der Waals surface area contributed by atoms with Gasteiger partial charge in [0.15, 0.2) is 0 Å². The van der Waals surface area contributed by atoms with Crippen molar-refractivity contribution in [1.82, 2.24) is 0 Å². The van der Waals surface area contributed by atoms with Gasteiger partial charge in [-0.05, 0) is 30.3 Å². The Bertz CT molecular complexity index is 557. The minimum atomic E-state index is -1.12. The van der Waals surface area contributed by atoms with E-state index in [1.54, 1.807) is 18.2 Å². The van der Waals surface area contributed by atoms with Gasteiger partial charge in [0.25, 0.3) is 0 Å². The summed E-state index contributed by atoms with van der Waals surface area (Å²) in [7, 11) is 0. The zero-order valence-electron chi connectivity index (χ0n) is 9.02. The predicted molar refractivity (Wildman–Crippen MR) is 66.5 cm³/mol. The van der Waals surface area contributed by atoms with Crippen molar-refractivity contribution in [3.63, 3.8) is 0 Å². The molecular weight excluding hydrogens is 279 g/mol. The molecule has 1 aromatic carbocycles. The van der Waals surface area contributed by atoms with E-state index in [1.807, 2.05) is 0 Å². The number of furan rings is 1. The normalized spacial score (nSPS) is 10.3. The molecule has 18 heavy (non-hydrogen) atoms. The summed E-state index contributed by atoms with van der Waals surface area (Å²) in [5, 5.41) is 9.61. The zero-order valence-corrected chi connectivity index (χ0v) is 10.5. The molecule has 1 N–H and O–H groups in total. The van der Waals surface area contributed by atoms with Gasteiger partial charge < -0.3 is 14.3 Å². The first-order chi connectivity index (χ1) is 8.54. The third kappa shape index (κ3) is 3.18. The maximum absolute atomic E-state index is 10.6. The van der Waals surface area contributed by atoms with E-state index in [2.05, 4.69) is 0 Å². The molecule has 0 unspecified atom stereocenters. The van der Waals surface area contributed by atoms with Crippen LogP contribution in [0.2, 0.25) is 10.0 Å². The largest absolute Gasteiger partial charge is 0.486 e. The summed E-state index contributed by atoms with van der Waals surface area (Å²) in [4.78, 5) is 10.6. The first-order valence-electron chi connectivity index (χ1n) is 4.95. The van der Waals surface area contributed by atoms with Crippen LogP contribution in [0.4, 0.5) is 0 Å². The van der Waals surface area contributed by atoms with Crippen LogP contribution < -0.4 is 4.74 Å². The van der Waals surface area contributed by atoms with E-state index < -0.39 is 5.97 Å². The van der Waals surface area contributed by atoms with Crippen molar-refractivity contribution in [3.05, 3.63) is 51.9 Å². The van der Waals surface area contributed by atoms with E-state index in [9.17, 15) is 4.79 Å². The molecule has 0 saturated carbocycles. The third-order valence-corrected chi connectivity index (χ3v) is 2.53. The number of ether oxygens (including phenoxy) is 1. The second-order valence-corrected chi connectivity index (χ2v) is 4.34. The lowest BCUT2D eigenvalue weighted by atomic mass is 10.3. The minimum Gasteiger partial charge on any atom is -0.486 e. The lowest BCUT2D eigenvalue weighted by Crippen LogP contribution is -1.95. The second-order valence-electron chi connectivity index (χ2n) is 3.46. The molecule has 2 rings (SSSR count). The molecule has 94 valence electrons. The predicted octanol–water partition coefficient (Wildman–Crippen LogP) is 3.86. The molecule has 0 aliphatic carbocycles. The Morgan fingerprint density at radius 1 is 1.22 bits per heavy atom. The van der Waals surface area contributed by atoms with Crippen molar-refractivity contribution in [3.8, 4) is 5.75 Å². The lowest BCUT2D eigenvalue weighted by Gasteiger charge is -2.05. The van der Waals surface area contributed by atoms with Crippen LogP contribution in [0.15, 0.2) is 34.7 Å². The van der Waals surface area contributed by atoms with Crippen molar-refractivity contribution < 1.29 is 19.1 Å². The van der Waals surface area contributed by atoms with Gasteiger partial charge in [-0.25, -0.2) is 4.79 Å². The van der Waals surface area contributed by atoms with Crippen molar-refractivity contribution in [2.24, 2.45) is 0 Å². The standard InChI is InChI=1S/C12H8Cl2O4/c13-7-3-8(14)5-10(4-7)17-6-9-1-2-11(18-9)12(15)16/h1-5H,6H2,(H,15,16). The number of hydrogen-bond acceptors (Lipinski definition) is 3. The molecule has 0 aliphatic heterocycles. The molecule has 0 saturated heterocycles. The second kappa shape index (κ2) is 5.33. The summed E-state index contributed by atoms with van der Waals surface area (Å²) < 4.78 is 10.4. The Morgan fingerprint density at radius 3 is 2.44 bits per heavy atom. The van der Waals surface area contributed by atoms with Crippen molar-refractivity contribution in [1.29, 1.82) is 0 Å². The van der Waals surface area contributed by atoms with Crippen LogP contribution in [-0.2, 0) is 6.61 Å². The van der Waals surface area contributed by atoms with E-state index in [0.717, 1.165) is 0 Å². The molecule has 4 nitrogen and oxygen atoms in total. The van der Waals surface area contributed by atoms with Gasteiger partial charge >= 0.3 is 5.97 Å². The van der Waals surface area contributed by atoms with Crippen molar-refractivity contribution >= 4 is 29.2 Å². The van der Waals surface area contributed by atoms with Gasteiger partial charge in [-0.15, -0.1) is 0 Å². The molecule has 0 fully saturated rings. The fraction of sp³-hybridized carbons (Fsp3) is 0.0833. The molecule has 0 atom stereocenters. The minimum absolute atomic E-state index is 0.101. The van der Waals surface area contributed by atoms with Gasteiger partial charge in [0.2, 0.25) is 5.76 Å². The van der Waals surface area contributed by atoms with Gasteiger partial charge in [0.1, 0.15) is 18.1 Å². The zero-order chi connectivity index (χ0) is 13.1. The van der Waals surface area contributed by atoms with Crippen LogP contribution in [0.3, 0.4) is 0 Å². The van der Waals surface area contributed by atoms with Gasteiger partial charge in [-0.1, -0.05) is 23.2 Å². The fourth-order valence-corrected chi connectivity index (χ4v) is 1.84. The molecule has 1 heterocycles. The van der Waals surface area contributed by atoms with Crippen LogP contribution >= 0.6 is 23.2 Å². The maximum Gasteiger partial charge on any atom is 0.371 e. The van der Waals surface area contributed by atoms with E-state index in [4.69, 9.17) is 37.5 Å². The number of aromatic carboxylic acids is 1. The molecule has 0 bridgehead atoms. The van der Waals surface area contributed by atoms with Crippen LogP contribution in [0, 0.1) is 0 Å². The molecule has 1 aromatic heterocycles. The van der Waals surface area contributed by atoms with E-state index in [0.29, 0.717) is 21.6 Å². The van der Waals surface area contributed by atoms with Crippen molar-refractivity contribution in [2.75, 3.05) is 0 Å². The highest BCUT2D eigenvalue weighted by atomic mass is 35.5. The molecule has 2 aromatic rings. The van der Waals surface area contributed by atoms with Crippen LogP contribution in [-0.4, -0.2) is 11.1 Å². The SMILES string of the molecule is O=C(O)c1ccc(COc2cc(Cl)cc(Cl)c2)o1. The number of carboxylic acids is 1. The molecule has 0 aliphatic rings. The van der Waals surface area contributed by atoms with Gasteiger partial charge in [-0.3, -0.25) is 0 Å². The highest BCUT2D eigenvalue weighted by Crippen LogP contribution is 2.25. The van der Waals surface area contributed by atoms with Gasteiger partial charge in [0.05, 0.1) is 0 Å². The summed E-state index contributed by atoms with van der Waals surface area (Å²) in [6.45, 7) is 0.101. The quantitative estimate of drug-likeness (QED) is 0.927. The van der Waals surface area contributed by atoms with E-state index in [1.165, 1.54) is 12.1 Å². The molecule has 0 amide bonds. The highest BCUT2D eigenvalue weighted by Gasteiger charge is 2.09. The van der Waals surface area contributed by atoms with E-state index >= 15 is 0 Å². The Morgan fingerprint density at radius 2 is 1.89 bits per heavy atom. The topological polar surface area (TPSA) is 59.7 Å². The Hall–Kier alpha value is -1.65. The Kier molecular flexibility index (Phi) is 3.79. The fourth-order valence-electron chi connectivity index (χ4n) is 1.34. The smallest absolute Gasteiger partial charge is 0.371 e. The van der Waals surface area contributed by atoms with Crippen LogP contribution in [0.25, 0.3) is 0 Å². The number of hydrogen-bond donors (Lipinski definition) is 1. The average Bonchev–Trinajstić information content (AvgIpc) is 2.73. The summed E-state index contributed by atoms with van der Waals surface area (Å²) in [5.74, 6) is -0.353. The number of carboxylic acid groups (broad SMARTS) is 1.